The molecule has 0 heterocycles. The topological polar surface area (TPSA) is 89.3 Å². The van der Waals surface area contributed by atoms with Gasteiger partial charge in [-0.1, -0.05) is 6.07 Å². The molecule has 1 saturated carbocycles. The van der Waals surface area contributed by atoms with Crippen LogP contribution < -0.4 is 5.32 Å². The quantitative estimate of drug-likeness (QED) is 0.680. The van der Waals surface area contributed by atoms with Crippen molar-refractivity contribution in [2.24, 2.45) is 0 Å². The van der Waals surface area contributed by atoms with Crippen molar-refractivity contribution in [2.75, 3.05) is 11.6 Å². The Labute approximate surface area is 118 Å². The van der Waals surface area contributed by atoms with Gasteiger partial charge in [0.15, 0.2) is 9.84 Å². The van der Waals surface area contributed by atoms with E-state index in [1.54, 1.807) is 6.07 Å². The van der Waals surface area contributed by atoms with E-state index in [0.717, 1.165) is 18.4 Å². The third-order valence-electron chi connectivity index (χ3n) is 3.78. The van der Waals surface area contributed by atoms with Crippen LogP contribution >= 0.6 is 0 Å². The zero-order chi connectivity index (χ0) is 14.9. The Kier molecular flexibility index (Phi) is 3.99. The second-order valence-corrected chi connectivity index (χ2v) is 7.57. The van der Waals surface area contributed by atoms with E-state index in [1.807, 2.05) is 6.92 Å². The van der Waals surface area contributed by atoms with Crippen molar-refractivity contribution in [2.45, 2.75) is 37.5 Å². The molecular weight excluding hydrogens is 280 g/mol. The maximum absolute atomic E-state index is 11.7. The summed E-state index contributed by atoms with van der Waals surface area (Å²) in [5, 5.41) is 13.6. The molecule has 0 bridgehead atoms. The summed E-state index contributed by atoms with van der Waals surface area (Å²) < 4.78 is 23.5. The Balaban J connectivity index is 2.25. The zero-order valence-corrected chi connectivity index (χ0v) is 12.3. The van der Waals surface area contributed by atoms with Gasteiger partial charge in [0, 0.05) is 30.1 Å². The molecule has 1 aliphatic rings. The number of nitrogens with one attached hydrogen (secondary N) is 1. The van der Waals surface area contributed by atoms with E-state index >= 15 is 0 Å². The third-order valence-corrected chi connectivity index (χ3v) is 5.44. The standard InChI is InChI=1S/C13H18N2O4S/c1-9-6-7-10(15(16)17)8-12(9)14-11-4-3-5-13(11)20(2,18)19/h6-8,11,13-14H,3-5H2,1-2H3. The number of hydrogen-bond acceptors (Lipinski definition) is 5. The highest BCUT2D eigenvalue weighted by molar-refractivity contribution is 7.91. The maximum atomic E-state index is 11.7. The molecule has 2 unspecified atom stereocenters. The fourth-order valence-corrected chi connectivity index (χ4v) is 4.08. The Morgan fingerprint density at radius 1 is 1.35 bits per heavy atom. The smallest absolute Gasteiger partial charge is 0.271 e. The minimum absolute atomic E-state index is 0.00648. The molecule has 2 rings (SSSR count). The van der Waals surface area contributed by atoms with Crippen molar-refractivity contribution < 1.29 is 13.3 Å². The summed E-state index contributed by atoms with van der Waals surface area (Å²) in [7, 11) is -3.11. The van der Waals surface area contributed by atoms with Gasteiger partial charge in [0.1, 0.15) is 0 Å². The van der Waals surface area contributed by atoms with Crippen molar-refractivity contribution in [1.82, 2.24) is 0 Å². The van der Waals surface area contributed by atoms with Crippen molar-refractivity contribution in [3.8, 4) is 0 Å². The van der Waals surface area contributed by atoms with Gasteiger partial charge < -0.3 is 5.32 Å². The van der Waals surface area contributed by atoms with Crippen LogP contribution in [0.25, 0.3) is 0 Å². The van der Waals surface area contributed by atoms with Crippen LogP contribution in [0.4, 0.5) is 11.4 Å². The van der Waals surface area contributed by atoms with Gasteiger partial charge in [-0.05, 0) is 31.7 Å². The predicted octanol–water partition coefficient (Wildman–Crippen LogP) is 2.28. The Hall–Kier alpha value is -1.63. The molecular formula is C13H18N2O4S. The van der Waals surface area contributed by atoms with Crippen LogP contribution in [0.1, 0.15) is 24.8 Å². The zero-order valence-electron chi connectivity index (χ0n) is 11.5. The molecule has 1 aromatic carbocycles. The van der Waals surface area contributed by atoms with E-state index in [1.165, 1.54) is 18.4 Å². The summed E-state index contributed by atoms with van der Waals surface area (Å²) in [4.78, 5) is 10.4. The molecule has 0 saturated heterocycles. The second-order valence-electron chi connectivity index (χ2n) is 5.31. The minimum Gasteiger partial charge on any atom is -0.381 e. The van der Waals surface area contributed by atoms with Crippen molar-refractivity contribution in [3.63, 3.8) is 0 Å². The number of hydrogen-bond donors (Lipinski definition) is 1. The summed E-state index contributed by atoms with van der Waals surface area (Å²) in [5.74, 6) is 0. The van der Waals surface area contributed by atoms with E-state index in [9.17, 15) is 18.5 Å². The van der Waals surface area contributed by atoms with Gasteiger partial charge in [0.25, 0.3) is 5.69 Å². The summed E-state index contributed by atoms with van der Waals surface area (Å²) in [6, 6.07) is 4.41. The van der Waals surface area contributed by atoms with Crippen LogP contribution in [0, 0.1) is 17.0 Å². The van der Waals surface area contributed by atoms with Crippen LogP contribution in [0.2, 0.25) is 0 Å². The highest BCUT2D eigenvalue weighted by atomic mass is 32.2. The minimum atomic E-state index is -3.11. The van der Waals surface area contributed by atoms with Crippen LogP contribution in [0.3, 0.4) is 0 Å². The van der Waals surface area contributed by atoms with Crippen molar-refractivity contribution in [3.05, 3.63) is 33.9 Å². The molecule has 2 atom stereocenters. The molecule has 0 aliphatic heterocycles. The van der Waals surface area contributed by atoms with Crippen LogP contribution in [0.15, 0.2) is 18.2 Å². The van der Waals surface area contributed by atoms with Gasteiger partial charge in [-0.25, -0.2) is 8.42 Å². The van der Waals surface area contributed by atoms with Gasteiger partial charge >= 0.3 is 0 Å². The Bertz CT molecular complexity index is 627. The normalized spacial score (nSPS) is 22.7. The van der Waals surface area contributed by atoms with Gasteiger partial charge in [0.2, 0.25) is 0 Å². The fraction of sp³-hybridized carbons (Fsp3) is 0.538. The first-order valence-corrected chi connectivity index (χ1v) is 8.45. The summed E-state index contributed by atoms with van der Waals surface area (Å²) in [5.41, 5.74) is 1.52. The van der Waals surface area contributed by atoms with Crippen molar-refractivity contribution >= 4 is 21.2 Å². The molecule has 1 aromatic rings. The van der Waals surface area contributed by atoms with E-state index in [4.69, 9.17) is 0 Å². The molecule has 0 amide bonds. The lowest BCUT2D eigenvalue weighted by Gasteiger charge is -2.21. The average Bonchev–Trinajstić information content (AvgIpc) is 2.79. The molecule has 0 spiro atoms. The Morgan fingerprint density at radius 3 is 2.65 bits per heavy atom. The number of nitrogens with zero attached hydrogens (tertiary/aromatic N) is 1. The number of nitro groups is 1. The number of aryl methyl sites for hydroxylation is 1. The number of nitro benzene ring substituents is 1. The van der Waals surface area contributed by atoms with Gasteiger partial charge in [-0.15, -0.1) is 0 Å². The average molecular weight is 298 g/mol. The number of anilines is 1. The molecule has 20 heavy (non-hydrogen) atoms. The first-order valence-electron chi connectivity index (χ1n) is 6.49. The maximum Gasteiger partial charge on any atom is 0.271 e. The van der Waals surface area contributed by atoms with Crippen LogP contribution in [-0.4, -0.2) is 30.9 Å². The molecule has 7 heteroatoms. The third kappa shape index (κ3) is 3.09. The molecule has 1 fully saturated rings. The first-order chi connectivity index (χ1) is 9.29. The molecule has 0 aromatic heterocycles. The number of benzene rings is 1. The lowest BCUT2D eigenvalue weighted by molar-refractivity contribution is -0.384. The largest absolute Gasteiger partial charge is 0.381 e. The van der Waals surface area contributed by atoms with Crippen LogP contribution in [-0.2, 0) is 9.84 Å². The molecule has 1 N–H and O–H groups in total. The van der Waals surface area contributed by atoms with Gasteiger partial charge in [-0.3, -0.25) is 10.1 Å². The SMILES string of the molecule is Cc1ccc([N+](=O)[O-])cc1NC1CCCC1S(C)(=O)=O. The highest BCUT2D eigenvalue weighted by Crippen LogP contribution is 2.30. The van der Waals surface area contributed by atoms with E-state index in [2.05, 4.69) is 5.32 Å². The van der Waals surface area contributed by atoms with Gasteiger partial charge in [-0.2, -0.15) is 0 Å². The predicted molar refractivity (Wildman–Crippen MR) is 77.7 cm³/mol. The summed E-state index contributed by atoms with van der Waals surface area (Å²) >= 11 is 0. The number of rotatable bonds is 4. The monoisotopic (exact) mass is 298 g/mol. The second kappa shape index (κ2) is 5.40. The molecule has 110 valence electrons. The summed E-state index contributed by atoms with van der Waals surface area (Å²) in [6.45, 7) is 1.84. The number of non-ortho nitro benzene ring substituents is 1. The van der Waals surface area contributed by atoms with Crippen LogP contribution in [0.5, 0.6) is 0 Å². The summed E-state index contributed by atoms with van der Waals surface area (Å²) in [6.07, 6.45) is 3.51. The fourth-order valence-electron chi connectivity index (χ4n) is 2.68. The highest BCUT2D eigenvalue weighted by Gasteiger charge is 2.35. The van der Waals surface area contributed by atoms with E-state index in [-0.39, 0.29) is 11.7 Å². The first kappa shape index (κ1) is 14.8. The lowest BCUT2D eigenvalue weighted by atomic mass is 10.1. The van der Waals surface area contributed by atoms with Crippen molar-refractivity contribution in [1.29, 1.82) is 0 Å². The molecule has 1 aliphatic carbocycles. The molecule has 0 radical (unpaired) electrons. The molecule has 6 nitrogen and oxygen atoms in total. The van der Waals surface area contributed by atoms with Gasteiger partial charge in [0.05, 0.1) is 10.2 Å². The van der Waals surface area contributed by atoms with E-state index in [0.29, 0.717) is 12.1 Å². The van der Waals surface area contributed by atoms with E-state index < -0.39 is 20.0 Å². The lowest BCUT2D eigenvalue weighted by Crippen LogP contribution is -2.34. The number of sulfone groups is 1. The Morgan fingerprint density at radius 2 is 2.05 bits per heavy atom.